The minimum absolute atomic E-state index is 0.0876. The minimum Gasteiger partial charge on any atom is -0.502 e. The van der Waals surface area contributed by atoms with Crippen LogP contribution in [-0.2, 0) is 4.74 Å². The predicted molar refractivity (Wildman–Crippen MR) is 60.4 cm³/mol. The van der Waals surface area contributed by atoms with Crippen molar-refractivity contribution in [1.29, 1.82) is 0 Å². The van der Waals surface area contributed by atoms with Gasteiger partial charge in [0.25, 0.3) is 0 Å². The number of alkyl halides is 1. The van der Waals surface area contributed by atoms with Gasteiger partial charge in [-0.25, -0.2) is 0 Å². The van der Waals surface area contributed by atoms with Crippen LogP contribution in [0.3, 0.4) is 0 Å². The maximum absolute atomic E-state index is 6.20. The average molecular weight is 211 g/mol. The second kappa shape index (κ2) is 6.50. The van der Waals surface area contributed by atoms with Crippen molar-refractivity contribution in [3.05, 3.63) is 48.7 Å². The molecule has 76 valence electrons. The lowest BCUT2D eigenvalue weighted by molar-refractivity contribution is 0.242. The lowest BCUT2D eigenvalue weighted by atomic mass is 10.1. The van der Waals surface area contributed by atoms with E-state index in [4.69, 9.17) is 16.3 Å². The van der Waals surface area contributed by atoms with Crippen molar-refractivity contribution in [2.24, 2.45) is 0 Å². The van der Waals surface area contributed by atoms with Gasteiger partial charge in [-0.3, -0.25) is 0 Å². The monoisotopic (exact) mass is 210 g/mol. The van der Waals surface area contributed by atoms with Gasteiger partial charge in [-0.05, 0) is 18.4 Å². The third kappa shape index (κ3) is 3.84. The van der Waals surface area contributed by atoms with Gasteiger partial charge in [0, 0.05) is 0 Å². The Balaban J connectivity index is 2.28. The van der Waals surface area contributed by atoms with Crippen LogP contribution in [0.2, 0.25) is 0 Å². The highest BCUT2D eigenvalue weighted by atomic mass is 35.5. The van der Waals surface area contributed by atoms with E-state index in [1.54, 1.807) is 0 Å². The number of hydrogen-bond donors (Lipinski definition) is 0. The number of hydrogen-bond acceptors (Lipinski definition) is 1. The summed E-state index contributed by atoms with van der Waals surface area (Å²) in [6, 6.07) is 10.1. The molecule has 0 radical (unpaired) electrons. The first kappa shape index (κ1) is 11.1. The van der Waals surface area contributed by atoms with Gasteiger partial charge in [0.1, 0.15) is 0 Å². The minimum atomic E-state index is 0.0876. The highest BCUT2D eigenvalue weighted by Gasteiger charge is 2.05. The fraction of sp³-hybridized carbons (Fsp3) is 0.333. The van der Waals surface area contributed by atoms with Crippen LogP contribution in [0.15, 0.2) is 43.2 Å². The standard InChI is InChI=1S/C12H15ClO/c1-2-14-10-6-9-12(13)11-7-4-3-5-8-11/h2-5,7-8,12H,1,6,9-10H2. The molecule has 0 aromatic heterocycles. The number of rotatable bonds is 6. The molecule has 14 heavy (non-hydrogen) atoms. The molecule has 1 atom stereocenters. The van der Waals surface area contributed by atoms with Crippen LogP contribution in [0.5, 0.6) is 0 Å². The van der Waals surface area contributed by atoms with Crippen LogP contribution in [0, 0.1) is 0 Å². The smallest absolute Gasteiger partial charge is 0.0873 e. The first-order valence-corrected chi connectivity index (χ1v) is 5.19. The third-order valence-electron chi connectivity index (χ3n) is 2.00. The van der Waals surface area contributed by atoms with Gasteiger partial charge in [0.15, 0.2) is 0 Å². The van der Waals surface area contributed by atoms with E-state index in [0.29, 0.717) is 6.61 Å². The normalized spacial score (nSPS) is 12.1. The summed E-state index contributed by atoms with van der Waals surface area (Å²) in [5.41, 5.74) is 1.17. The summed E-state index contributed by atoms with van der Waals surface area (Å²) in [7, 11) is 0. The molecule has 0 amide bonds. The van der Waals surface area contributed by atoms with Crippen LogP contribution >= 0.6 is 11.6 Å². The average Bonchev–Trinajstić information content (AvgIpc) is 2.25. The maximum Gasteiger partial charge on any atom is 0.0873 e. The van der Waals surface area contributed by atoms with Crippen LogP contribution in [0.1, 0.15) is 23.8 Å². The van der Waals surface area contributed by atoms with Crippen molar-refractivity contribution in [3.63, 3.8) is 0 Å². The lowest BCUT2D eigenvalue weighted by Gasteiger charge is -2.08. The molecule has 0 fully saturated rings. The van der Waals surface area contributed by atoms with E-state index < -0.39 is 0 Å². The number of benzene rings is 1. The second-order valence-electron chi connectivity index (χ2n) is 3.06. The van der Waals surface area contributed by atoms with E-state index in [0.717, 1.165) is 12.8 Å². The largest absolute Gasteiger partial charge is 0.502 e. The van der Waals surface area contributed by atoms with Crippen molar-refractivity contribution in [2.45, 2.75) is 18.2 Å². The number of ether oxygens (including phenoxy) is 1. The van der Waals surface area contributed by atoms with Crippen LogP contribution in [-0.4, -0.2) is 6.61 Å². The first-order chi connectivity index (χ1) is 6.84. The van der Waals surface area contributed by atoms with Crippen molar-refractivity contribution in [1.82, 2.24) is 0 Å². The molecule has 0 N–H and O–H groups in total. The predicted octanol–water partition coefficient (Wildman–Crippen LogP) is 3.91. The van der Waals surface area contributed by atoms with Gasteiger partial charge >= 0.3 is 0 Å². The highest BCUT2D eigenvalue weighted by Crippen LogP contribution is 2.24. The van der Waals surface area contributed by atoms with E-state index in [1.165, 1.54) is 11.8 Å². The van der Waals surface area contributed by atoms with Gasteiger partial charge in [-0.1, -0.05) is 36.9 Å². The maximum atomic E-state index is 6.20. The second-order valence-corrected chi connectivity index (χ2v) is 3.58. The molecule has 0 spiro atoms. The Morgan fingerprint density at radius 3 is 2.71 bits per heavy atom. The molecule has 0 bridgehead atoms. The molecule has 0 heterocycles. The Bertz CT molecular complexity index is 258. The molecule has 1 rings (SSSR count). The summed E-state index contributed by atoms with van der Waals surface area (Å²) in [6.45, 7) is 4.17. The zero-order valence-electron chi connectivity index (χ0n) is 8.16. The molecular weight excluding hydrogens is 196 g/mol. The molecule has 0 aliphatic rings. The summed E-state index contributed by atoms with van der Waals surface area (Å²) in [5.74, 6) is 0. The molecule has 1 nitrogen and oxygen atoms in total. The zero-order chi connectivity index (χ0) is 10.2. The highest BCUT2D eigenvalue weighted by molar-refractivity contribution is 6.20. The Hall–Kier alpha value is -0.950. The Kier molecular flexibility index (Phi) is 5.16. The Morgan fingerprint density at radius 1 is 1.36 bits per heavy atom. The SMILES string of the molecule is C=COCCCC(Cl)c1ccccc1. The molecule has 0 aliphatic carbocycles. The lowest BCUT2D eigenvalue weighted by Crippen LogP contribution is -1.94. The topological polar surface area (TPSA) is 9.23 Å². The fourth-order valence-electron chi connectivity index (χ4n) is 1.26. The first-order valence-electron chi connectivity index (χ1n) is 4.76. The summed E-state index contributed by atoms with van der Waals surface area (Å²) < 4.78 is 5.03. The van der Waals surface area contributed by atoms with Crippen molar-refractivity contribution < 1.29 is 4.74 Å². The van der Waals surface area contributed by atoms with Crippen molar-refractivity contribution in [2.75, 3.05) is 6.61 Å². The molecule has 0 saturated heterocycles. The van der Waals surface area contributed by atoms with E-state index >= 15 is 0 Å². The Morgan fingerprint density at radius 2 is 2.07 bits per heavy atom. The van der Waals surface area contributed by atoms with Gasteiger partial charge in [-0.15, -0.1) is 11.6 Å². The van der Waals surface area contributed by atoms with Gasteiger partial charge < -0.3 is 4.74 Å². The molecule has 1 aromatic carbocycles. The molecule has 1 unspecified atom stereocenters. The molecule has 1 aromatic rings. The molecule has 2 heteroatoms. The van der Waals surface area contributed by atoms with Crippen LogP contribution in [0.25, 0.3) is 0 Å². The van der Waals surface area contributed by atoms with Gasteiger partial charge in [0.05, 0.1) is 18.2 Å². The van der Waals surface area contributed by atoms with E-state index in [-0.39, 0.29) is 5.38 Å². The van der Waals surface area contributed by atoms with Crippen molar-refractivity contribution in [3.8, 4) is 0 Å². The van der Waals surface area contributed by atoms with E-state index in [9.17, 15) is 0 Å². The summed E-state index contributed by atoms with van der Waals surface area (Å²) in [5, 5.41) is 0.0876. The number of halogens is 1. The van der Waals surface area contributed by atoms with Crippen molar-refractivity contribution >= 4 is 11.6 Å². The fourth-order valence-corrected chi connectivity index (χ4v) is 1.56. The zero-order valence-corrected chi connectivity index (χ0v) is 8.91. The Labute approximate surface area is 90.3 Å². The summed E-state index contributed by atoms with van der Waals surface area (Å²) >= 11 is 6.20. The van der Waals surface area contributed by atoms with E-state index in [2.05, 4.69) is 6.58 Å². The summed E-state index contributed by atoms with van der Waals surface area (Å²) in [4.78, 5) is 0. The van der Waals surface area contributed by atoms with Gasteiger partial charge in [-0.2, -0.15) is 0 Å². The quantitative estimate of drug-likeness (QED) is 0.393. The molecule has 0 saturated carbocycles. The molecular formula is C12H15ClO. The van der Waals surface area contributed by atoms with Gasteiger partial charge in [0.2, 0.25) is 0 Å². The summed E-state index contributed by atoms with van der Waals surface area (Å²) in [6.07, 6.45) is 3.35. The molecule has 0 aliphatic heterocycles. The van der Waals surface area contributed by atoms with E-state index in [1.807, 2.05) is 30.3 Å². The third-order valence-corrected chi connectivity index (χ3v) is 2.47. The van der Waals surface area contributed by atoms with Crippen LogP contribution < -0.4 is 0 Å². The van der Waals surface area contributed by atoms with Crippen LogP contribution in [0.4, 0.5) is 0 Å².